The summed E-state index contributed by atoms with van der Waals surface area (Å²) >= 11 is 19.0. The number of nitrogens with one attached hydrogen (secondary N) is 1. The van der Waals surface area contributed by atoms with Gasteiger partial charge in [-0.3, -0.25) is 4.79 Å². The van der Waals surface area contributed by atoms with Gasteiger partial charge in [-0.1, -0.05) is 46.6 Å². The standard InChI is InChI=1S/C12H8Cl3N3OS/c1-20-12-16-5-9(15)10(18-12)11(19)17-8-3-6(13)2-7(14)4-8/h2-5H,1H3,(H,17,19). The van der Waals surface area contributed by atoms with Gasteiger partial charge in [-0.15, -0.1) is 0 Å². The first-order chi connectivity index (χ1) is 9.49. The van der Waals surface area contributed by atoms with Crippen molar-refractivity contribution < 1.29 is 4.79 Å². The van der Waals surface area contributed by atoms with Crippen molar-refractivity contribution in [3.05, 3.63) is 45.2 Å². The Bertz CT molecular complexity index is 646. The van der Waals surface area contributed by atoms with Crippen LogP contribution in [0.25, 0.3) is 0 Å². The summed E-state index contributed by atoms with van der Waals surface area (Å²) in [7, 11) is 0. The molecule has 8 heteroatoms. The molecular weight excluding hydrogens is 341 g/mol. The highest BCUT2D eigenvalue weighted by Gasteiger charge is 2.14. The largest absolute Gasteiger partial charge is 0.321 e. The van der Waals surface area contributed by atoms with Crippen LogP contribution in [0.1, 0.15) is 10.5 Å². The predicted octanol–water partition coefficient (Wildman–Crippen LogP) is 4.41. The summed E-state index contributed by atoms with van der Waals surface area (Å²) in [6.45, 7) is 0. The van der Waals surface area contributed by atoms with E-state index in [9.17, 15) is 4.79 Å². The van der Waals surface area contributed by atoms with Gasteiger partial charge >= 0.3 is 0 Å². The molecule has 0 saturated heterocycles. The minimum atomic E-state index is -0.453. The van der Waals surface area contributed by atoms with Gasteiger partial charge in [0.25, 0.3) is 5.91 Å². The summed E-state index contributed by atoms with van der Waals surface area (Å²) in [6.07, 6.45) is 3.20. The molecule has 0 atom stereocenters. The Balaban J connectivity index is 2.27. The third-order valence-electron chi connectivity index (χ3n) is 2.24. The van der Waals surface area contributed by atoms with E-state index in [1.165, 1.54) is 18.0 Å². The third-order valence-corrected chi connectivity index (χ3v) is 3.51. The number of rotatable bonds is 3. The van der Waals surface area contributed by atoms with Crippen LogP contribution in [0, 0.1) is 0 Å². The first-order valence-corrected chi connectivity index (χ1v) is 7.69. The topological polar surface area (TPSA) is 54.9 Å². The monoisotopic (exact) mass is 347 g/mol. The van der Waals surface area contributed by atoms with Gasteiger partial charge in [0.15, 0.2) is 10.9 Å². The molecule has 1 aromatic heterocycles. The molecule has 1 aromatic carbocycles. The smallest absolute Gasteiger partial charge is 0.275 e. The molecule has 1 N–H and O–H groups in total. The molecule has 0 spiro atoms. The maximum absolute atomic E-state index is 12.1. The Labute approximate surface area is 134 Å². The maximum Gasteiger partial charge on any atom is 0.275 e. The van der Waals surface area contributed by atoms with Gasteiger partial charge in [0.1, 0.15) is 0 Å². The van der Waals surface area contributed by atoms with Gasteiger partial charge in [-0.05, 0) is 24.5 Å². The molecule has 4 nitrogen and oxygen atoms in total. The van der Waals surface area contributed by atoms with Gasteiger partial charge in [0.05, 0.1) is 11.2 Å². The molecule has 1 heterocycles. The van der Waals surface area contributed by atoms with Crippen LogP contribution in [-0.2, 0) is 0 Å². The molecule has 0 aliphatic rings. The van der Waals surface area contributed by atoms with Gasteiger partial charge in [0.2, 0.25) is 0 Å². The van der Waals surface area contributed by atoms with Gasteiger partial charge in [-0.2, -0.15) is 0 Å². The van der Waals surface area contributed by atoms with Crippen LogP contribution in [0.4, 0.5) is 5.69 Å². The molecular formula is C12H8Cl3N3OS. The first kappa shape index (κ1) is 15.4. The number of hydrogen-bond acceptors (Lipinski definition) is 4. The molecule has 20 heavy (non-hydrogen) atoms. The summed E-state index contributed by atoms with van der Waals surface area (Å²) in [5.74, 6) is -0.453. The number of aromatic nitrogens is 2. The zero-order chi connectivity index (χ0) is 14.7. The van der Waals surface area contributed by atoms with E-state index >= 15 is 0 Å². The Morgan fingerprint density at radius 3 is 2.45 bits per heavy atom. The first-order valence-electron chi connectivity index (χ1n) is 5.33. The van der Waals surface area contributed by atoms with E-state index in [1.807, 2.05) is 6.26 Å². The van der Waals surface area contributed by atoms with Crippen molar-refractivity contribution in [3.63, 3.8) is 0 Å². The minimum Gasteiger partial charge on any atom is -0.321 e. The summed E-state index contributed by atoms with van der Waals surface area (Å²) in [4.78, 5) is 20.2. The second-order valence-corrected chi connectivity index (χ2v) is 5.72. The van der Waals surface area contributed by atoms with Gasteiger partial charge in [0, 0.05) is 15.7 Å². The molecule has 2 aromatic rings. The number of anilines is 1. The third kappa shape index (κ3) is 3.76. The number of thioether (sulfide) groups is 1. The number of hydrogen-bond donors (Lipinski definition) is 1. The zero-order valence-electron chi connectivity index (χ0n) is 10.2. The van der Waals surface area contributed by atoms with Gasteiger partial charge < -0.3 is 5.32 Å². The lowest BCUT2D eigenvalue weighted by atomic mass is 10.3. The van der Waals surface area contributed by atoms with Crippen LogP contribution in [0.5, 0.6) is 0 Å². The molecule has 0 fully saturated rings. The fourth-order valence-corrected chi connectivity index (χ4v) is 2.47. The molecule has 0 bridgehead atoms. The Morgan fingerprint density at radius 2 is 1.85 bits per heavy atom. The highest BCUT2D eigenvalue weighted by Crippen LogP contribution is 2.24. The molecule has 2 rings (SSSR count). The Morgan fingerprint density at radius 1 is 1.20 bits per heavy atom. The van der Waals surface area contributed by atoms with Crippen molar-refractivity contribution in [1.29, 1.82) is 0 Å². The number of benzene rings is 1. The molecule has 0 unspecified atom stereocenters. The Hall–Kier alpha value is -1.01. The van der Waals surface area contributed by atoms with E-state index in [-0.39, 0.29) is 10.7 Å². The fourth-order valence-electron chi connectivity index (χ4n) is 1.42. The average molecular weight is 349 g/mol. The van der Waals surface area contributed by atoms with Crippen molar-refractivity contribution in [2.75, 3.05) is 11.6 Å². The number of nitrogens with zero attached hydrogens (tertiary/aromatic N) is 2. The lowest BCUT2D eigenvalue weighted by molar-refractivity contribution is 0.102. The highest BCUT2D eigenvalue weighted by atomic mass is 35.5. The lowest BCUT2D eigenvalue weighted by Crippen LogP contribution is -2.15. The Kier molecular flexibility index (Phi) is 5.10. The lowest BCUT2D eigenvalue weighted by Gasteiger charge is -2.07. The van der Waals surface area contributed by atoms with Crippen LogP contribution in [0.2, 0.25) is 15.1 Å². The summed E-state index contributed by atoms with van der Waals surface area (Å²) in [5.41, 5.74) is 0.565. The van der Waals surface area contributed by atoms with E-state index in [0.717, 1.165) is 0 Å². The summed E-state index contributed by atoms with van der Waals surface area (Å²) in [6, 6.07) is 4.73. The van der Waals surface area contributed by atoms with Crippen molar-refractivity contribution in [2.24, 2.45) is 0 Å². The van der Waals surface area contributed by atoms with E-state index in [0.29, 0.717) is 20.9 Å². The van der Waals surface area contributed by atoms with E-state index in [1.54, 1.807) is 18.2 Å². The highest BCUT2D eigenvalue weighted by molar-refractivity contribution is 7.98. The predicted molar refractivity (Wildman–Crippen MR) is 83.2 cm³/mol. The van der Waals surface area contributed by atoms with E-state index < -0.39 is 5.91 Å². The number of halogens is 3. The number of amides is 1. The van der Waals surface area contributed by atoms with Crippen molar-refractivity contribution in [3.8, 4) is 0 Å². The molecule has 0 saturated carbocycles. The van der Waals surface area contributed by atoms with Crippen molar-refractivity contribution >= 4 is 58.2 Å². The summed E-state index contributed by atoms with van der Waals surface area (Å²) < 4.78 is 0. The molecule has 0 aliphatic carbocycles. The van der Waals surface area contributed by atoms with Crippen molar-refractivity contribution in [2.45, 2.75) is 5.16 Å². The minimum absolute atomic E-state index is 0.0992. The van der Waals surface area contributed by atoms with Crippen LogP contribution in [-0.4, -0.2) is 22.1 Å². The number of carbonyl (C=O) groups is 1. The van der Waals surface area contributed by atoms with Crippen molar-refractivity contribution in [1.82, 2.24) is 9.97 Å². The normalized spacial score (nSPS) is 10.4. The number of carbonyl (C=O) groups excluding carboxylic acids is 1. The quantitative estimate of drug-likeness (QED) is 0.659. The SMILES string of the molecule is CSc1ncc(Cl)c(C(=O)Nc2cc(Cl)cc(Cl)c2)n1. The maximum atomic E-state index is 12.1. The fraction of sp³-hybridized carbons (Fsp3) is 0.0833. The van der Waals surface area contributed by atoms with Gasteiger partial charge in [-0.25, -0.2) is 9.97 Å². The van der Waals surface area contributed by atoms with E-state index in [4.69, 9.17) is 34.8 Å². The molecule has 1 amide bonds. The summed E-state index contributed by atoms with van der Waals surface area (Å²) in [5, 5.41) is 4.12. The second kappa shape index (κ2) is 6.63. The second-order valence-electron chi connectivity index (χ2n) is 3.67. The molecule has 0 radical (unpaired) electrons. The van der Waals surface area contributed by atoms with Crippen LogP contribution < -0.4 is 5.32 Å². The van der Waals surface area contributed by atoms with Crippen LogP contribution in [0.3, 0.4) is 0 Å². The molecule has 104 valence electrons. The van der Waals surface area contributed by atoms with E-state index in [2.05, 4.69) is 15.3 Å². The molecule has 0 aliphatic heterocycles. The average Bonchev–Trinajstić information content (AvgIpc) is 2.37. The van der Waals surface area contributed by atoms with Crippen LogP contribution >= 0.6 is 46.6 Å². The van der Waals surface area contributed by atoms with Crippen LogP contribution in [0.15, 0.2) is 29.6 Å². The zero-order valence-corrected chi connectivity index (χ0v) is 13.2.